The summed E-state index contributed by atoms with van der Waals surface area (Å²) < 4.78 is 4.92. The van der Waals surface area contributed by atoms with Gasteiger partial charge in [0.1, 0.15) is 15.9 Å². The van der Waals surface area contributed by atoms with Crippen LogP contribution in [0.3, 0.4) is 0 Å². The van der Waals surface area contributed by atoms with Gasteiger partial charge in [-0.15, -0.1) is 0 Å². The SMILES string of the molecule is CCCC(C)(C)C(=O)OCC.c1ccc([PH+](c2ccccc2)c2ccccc2)cc1. The highest BCUT2D eigenvalue weighted by molar-refractivity contribution is 7.79. The van der Waals surface area contributed by atoms with Crippen LogP contribution in [-0.4, -0.2) is 12.6 Å². The monoisotopic (exact) mass is 421 g/mol. The average Bonchev–Trinajstić information content (AvgIpc) is 2.77. The zero-order valence-electron chi connectivity index (χ0n) is 18.6. The van der Waals surface area contributed by atoms with Gasteiger partial charge >= 0.3 is 5.97 Å². The molecule has 0 radical (unpaired) electrons. The molecule has 2 nitrogen and oxygen atoms in total. The Bertz CT molecular complexity index is 767. The van der Waals surface area contributed by atoms with E-state index in [1.165, 1.54) is 15.9 Å². The number of carbonyl (C=O) groups excluding carboxylic acids is 1. The van der Waals surface area contributed by atoms with Crippen LogP contribution in [0, 0.1) is 5.41 Å². The lowest BCUT2D eigenvalue weighted by Gasteiger charge is -2.20. The van der Waals surface area contributed by atoms with E-state index in [-0.39, 0.29) is 11.4 Å². The van der Waals surface area contributed by atoms with E-state index >= 15 is 0 Å². The first-order valence-electron chi connectivity index (χ1n) is 10.7. The predicted octanol–water partition coefficient (Wildman–Crippen LogP) is 5.55. The van der Waals surface area contributed by atoms with Crippen molar-refractivity contribution >= 4 is 29.8 Å². The van der Waals surface area contributed by atoms with Crippen LogP contribution in [0.15, 0.2) is 91.0 Å². The van der Waals surface area contributed by atoms with Gasteiger partial charge < -0.3 is 4.74 Å². The zero-order valence-corrected chi connectivity index (χ0v) is 19.6. The summed E-state index contributed by atoms with van der Waals surface area (Å²) in [5.41, 5.74) is -0.301. The van der Waals surface area contributed by atoms with Crippen LogP contribution < -0.4 is 15.9 Å². The molecule has 0 N–H and O–H groups in total. The van der Waals surface area contributed by atoms with Gasteiger partial charge in [-0.1, -0.05) is 67.9 Å². The van der Waals surface area contributed by atoms with Gasteiger partial charge in [0.25, 0.3) is 0 Å². The Morgan fingerprint density at radius 1 is 0.733 bits per heavy atom. The van der Waals surface area contributed by atoms with Crippen molar-refractivity contribution in [3.63, 3.8) is 0 Å². The van der Waals surface area contributed by atoms with Crippen molar-refractivity contribution in [3.05, 3.63) is 91.0 Å². The minimum absolute atomic E-state index is 0.0816. The summed E-state index contributed by atoms with van der Waals surface area (Å²) in [6, 6.07) is 32.5. The molecular weight excluding hydrogens is 387 g/mol. The van der Waals surface area contributed by atoms with Gasteiger partial charge in [-0.3, -0.25) is 4.79 Å². The summed E-state index contributed by atoms with van der Waals surface area (Å²) in [5, 5.41) is 4.31. The maximum absolute atomic E-state index is 11.2. The maximum atomic E-state index is 11.2. The third kappa shape index (κ3) is 7.11. The Labute approximate surface area is 183 Å². The topological polar surface area (TPSA) is 26.3 Å². The van der Waals surface area contributed by atoms with Crippen LogP contribution >= 0.6 is 7.92 Å². The summed E-state index contributed by atoms with van der Waals surface area (Å²) in [6.45, 7) is 8.23. The first-order chi connectivity index (χ1) is 14.5. The molecule has 0 amide bonds. The number of ether oxygens (including phenoxy) is 1. The minimum atomic E-state index is -0.877. The standard InChI is InChI=1S/C18H15P.C9H18O2/c1-4-10-16(11-5-1)19(17-12-6-2-7-13-17)18-14-8-3-9-15-18;1-5-7-9(3,4)8(10)11-6-2/h1-15H;5-7H2,1-4H3/p+1. The smallest absolute Gasteiger partial charge is 0.311 e. The molecule has 30 heavy (non-hydrogen) atoms. The number of hydrogen-bond acceptors (Lipinski definition) is 2. The van der Waals surface area contributed by atoms with Crippen LogP contribution in [0.5, 0.6) is 0 Å². The molecule has 0 unspecified atom stereocenters. The van der Waals surface area contributed by atoms with Gasteiger partial charge in [0.2, 0.25) is 0 Å². The molecule has 0 aliphatic carbocycles. The molecule has 3 rings (SSSR count). The molecule has 0 saturated heterocycles. The molecule has 3 aromatic carbocycles. The highest BCUT2D eigenvalue weighted by Crippen LogP contribution is 2.32. The van der Waals surface area contributed by atoms with Gasteiger partial charge in [0.05, 0.1) is 19.9 Å². The van der Waals surface area contributed by atoms with Crippen LogP contribution in [-0.2, 0) is 9.53 Å². The summed E-state index contributed by atoms with van der Waals surface area (Å²) in [6.07, 6.45) is 1.91. The maximum Gasteiger partial charge on any atom is 0.311 e. The Hall–Kier alpha value is -2.44. The number of benzene rings is 3. The molecule has 0 aliphatic heterocycles. The van der Waals surface area contributed by atoms with Crippen LogP contribution in [0.1, 0.15) is 40.5 Å². The fourth-order valence-corrected chi connectivity index (χ4v) is 5.95. The second-order valence-corrected chi connectivity index (χ2v) is 10.3. The molecule has 0 aromatic heterocycles. The molecule has 0 fully saturated rings. The lowest BCUT2D eigenvalue weighted by molar-refractivity contribution is -0.153. The lowest BCUT2D eigenvalue weighted by Crippen LogP contribution is -2.26. The van der Waals surface area contributed by atoms with Crippen LogP contribution in [0.4, 0.5) is 0 Å². The molecular formula is C27H34O2P+. The number of carbonyl (C=O) groups is 1. The molecule has 0 heterocycles. The summed E-state index contributed by atoms with van der Waals surface area (Å²) in [7, 11) is -0.877. The normalized spacial score (nSPS) is 10.8. The van der Waals surface area contributed by atoms with Crippen molar-refractivity contribution in [3.8, 4) is 0 Å². The van der Waals surface area contributed by atoms with Crippen molar-refractivity contribution in [2.24, 2.45) is 5.41 Å². The van der Waals surface area contributed by atoms with Gasteiger partial charge in [0, 0.05) is 0 Å². The highest BCUT2D eigenvalue weighted by atomic mass is 31.1. The van der Waals surface area contributed by atoms with Crippen molar-refractivity contribution in [2.45, 2.75) is 40.5 Å². The largest absolute Gasteiger partial charge is 0.466 e. The number of rotatable bonds is 7. The predicted molar refractivity (Wildman–Crippen MR) is 132 cm³/mol. The molecule has 0 saturated carbocycles. The number of hydrogen-bond donors (Lipinski definition) is 0. The van der Waals surface area contributed by atoms with Crippen molar-refractivity contribution in [1.82, 2.24) is 0 Å². The first kappa shape index (κ1) is 23.8. The van der Waals surface area contributed by atoms with E-state index in [9.17, 15) is 4.79 Å². The Balaban J connectivity index is 0.000000252. The fraction of sp³-hybridized carbons (Fsp3) is 0.296. The molecule has 158 valence electrons. The molecule has 3 aromatic rings. The van der Waals surface area contributed by atoms with Crippen LogP contribution in [0.2, 0.25) is 0 Å². The third-order valence-electron chi connectivity index (χ3n) is 4.89. The molecule has 0 bridgehead atoms. The second-order valence-electron chi connectivity index (χ2n) is 7.83. The van der Waals surface area contributed by atoms with E-state index in [2.05, 4.69) is 97.9 Å². The summed E-state index contributed by atoms with van der Waals surface area (Å²) in [5.74, 6) is -0.0816. The van der Waals surface area contributed by atoms with Crippen molar-refractivity contribution < 1.29 is 9.53 Å². The van der Waals surface area contributed by atoms with Gasteiger partial charge in [-0.2, -0.15) is 0 Å². The highest BCUT2D eigenvalue weighted by Gasteiger charge is 2.27. The van der Waals surface area contributed by atoms with Crippen molar-refractivity contribution in [2.75, 3.05) is 6.61 Å². The van der Waals surface area contributed by atoms with E-state index in [0.717, 1.165) is 12.8 Å². The van der Waals surface area contributed by atoms with Crippen LogP contribution in [0.25, 0.3) is 0 Å². The van der Waals surface area contributed by atoms with E-state index < -0.39 is 7.92 Å². The quantitative estimate of drug-likeness (QED) is 0.369. The van der Waals surface area contributed by atoms with E-state index in [4.69, 9.17) is 4.74 Å². The van der Waals surface area contributed by atoms with Gasteiger partial charge in [0.15, 0.2) is 0 Å². The molecule has 0 spiro atoms. The Kier molecular flexibility index (Phi) is 9.77. The van der Waals surface area contributed by atoms with Gasteiger partial charge in [-0.05, 0) is 63.6 Å². The third-order valence-corrected chi connectivity index (χ3v) is 7.62. The molecule has 3 heteroatoms. The van der Waals surface area contributed by atoms with E-state index in [1.54, 1.807) is 0 Å². The summed E-state index contributed by atoms with van der Waals surface area (Å²) in [4.78, 5) is 11.2. The lowest BCUT2D eigenvalue weighted by atomic mass is 9.88. The van der Waals surface area contributed by atoms with E-state index in [1.807, 2.05) is 20.8 Å². The van der Waals surface area contributed by atoms with Gasteiger partial charge in [-0.25, -0.2) is 0 Å². The first-order valence-corrected chi connectivity index (χ1v) is 12.2. The summed E-state index contributed by atoms with van der Waals surface area (Å²) >= 11 is 0. The second kappa shape index (κ2) is 12.3. The molecule has 0 atom stereocenters. The average molecular weight is 422 g/mol. The Morgan fingerprint density at radius 3 is 1.40 bits per heavy atom. The van der Waals surface area contributed by atoms with E-state index in [0.29, 0.717) is 6.61 Å². The minimum Gasteiger partial charge on any atom is -0.466 e. The van der Waals surface area contributed by atoms with Crippen molar-refractivity contribution in [1.29, 1.82) is 0 Å². The zero-order chi connectivity index (χ0) is 21.8. The number of esters is 1. The Morgan fingerprint density at radius 2 is 1.10 bits per heavy atom. The molecule has 0 aliphatic rings. The fourth-order valence-electron chi connectivity index (χ4n) is 3.37.